The van der Waals surface area contributed by atoms with Crippen LogP contribution in [0.25, 0.3) is 0 Å². The Labute approximate surface area is 149 Å². The van der Waals surface area contributed by atoms with Gasteiger partial charge in [0.2, 0.25) is 0 Å². The average molecular weight is 392 g/mol. The van der Waals surface area contributed by atoms with Crippen LogP contribution < -0.4 is 10.1 Å². The van der Waals surface area contributed by atoms with Gasteiger partial charge in [-0.1, -0.05) is 28.1 Å². The topological polar surface area (TPSA) is 64.6 Å². The van der Waals surface area contributed by atoms with Crippen molar-refractivity contribution < 1.29 is 19.1 Å². The predicted octanol–water partition coefficient (Wildman–Crippen LogP) is 4.03. The lowest BCUT2D eigenvalue weighted by Crippen LogP contribution is -2.30. The number of carbonyl (C=O) groups is 2. The van der Waals surface area contributed by atoms with Crippen LogP contribution in [-0.2, 0) is 9.53 Å². The predicted molar refractivity (Wildman–Crippen MR) is 95.3 cm³/mol. The molecule has 1 amide bonds. The maximum atomic E-state index is 12.3. The molecule has 1 N–H and O–H groups in total. The minimum atomic E-state index is -0.721. The number of nitrogens with one attached hydrogen (secondary N) is 1. The summed E-state index contributed by atoms with van der Waals surface area (Å²) in [5, 5.41) is 2.71. The van der Waals surface area contributed by atoms with Gasteiger partial charge in [0.15, 0.2) is 6.10 Å². The molecule has 0 spiro atoms. The zero-order valence-corrected chi connectivity index (χ0v) is 15.0. The van der Waals surface area contributed by atoms with E-state index in [-0.39, 0.29) is 12.5 Å². The summed E-state index contributed by atoms with van der Waals surface area (Å²) in [4.78, 5) is 24.2. The maximum Gasteiger partial charge on any atom is 0.340 e. The van der Waals surface area contributed by atoms with Crippen molar-refractivity contribution in [2.75, 3.05) is 11.9 Å². The molecule has 2 rings (SSSR count). The fourth-order valence-corrected chi connectivity index (χ4v) is 2.25. The van der Waals surface area contributed by atoms with Crippen LogP contribution in [-0.4, -0.2) is 24.6 Å². The minimum Gasteiger partial charge on any atom is -0.481 e. The molecular formula is C18H18BrNO4. The molecule has 0 radical (unpaired) electrons. The van der Waals surface area contributed by atoms with Crippen LogP contribution in [0, 0.1) is 0 Å². The first kappa shape index (κ1) is 18.0. The number of benzene rings is 2. The van der Waals surface area contributed by atoms with Crippen LogP contribution in [0.15, 0.2) is 53.0 Å². The molecule has 126 valence electrons. The quantitative estimate of drug-likeness (QED) is 0.754. The van der Waals surface area contributed by atoms with Crippen molar-refractivity contribution in [1.82, 2.24) is 0 Å². The number of amides is 1. The number of carbonyl (C=O) groups excluding carboxylic acids is 2. The van der Waals surface area contributed by atoms with E-state index in [1.807, 2.05) is 12.1 Å². The van der Waals surface area contributed by atoms with Gasteiger partial charge >= 0.3 is 5.97 Å². The number of esters is 1. The Hall–Kier alpha value is -2.34. The molecule has 2 aromatic carbocycles. The summed E-state index contributed by atoms with van der Waals surface area (Å²) < 4.78 is 11.5. The van der Waals surface area contributed by atoms with Gasteiger partial charge in [-0.3, -0.25) is 4.79 Å². The lowest BCUT2D eigenvalue weighted by Gasteiger charge is -2.16. The van der Waals surface area contributed by atoms with E-state index in [0.29, 0.717) is 17.0 Å². The fourth-order valence-electron chi connectivity index (χ4n) is 1.98. The largest absolute Gasteiger partial charge is 0.481 e. The zero-order chi connectivity index (χ0) is 17.5. The van der Waals surface area contributed by atoms with Crippen molar-refractivity contribution in [3.05, 3.63) is 58.6 Å². The maximum absolute atomic E-state index is 12.3. The van der Waals surface area contributed by atoms with Crippen molar-refractivity contribution in [2.45, 2.75) is 20.0 Å². The zero-order valence-electron chi connectivity index (χ0n) is 13.4. The third-order valence-corrected chi connectivity index (χ3v) is 3.70. The normalized spacial score (nSPS) is 11.5. The van der Waals surface area contributed by atoms with Gasteiger partial charge in [0.05, 0.1) is 17.9 Å². The Morgan fingerprint density at radius 3 is 2.46 bits per heavy atom. The van der Waals surface area contributed by atoms with E-state index in [2.05, 4.69) is 21.2 Å². The van der Waals surface area contributed by atoms with Gasteiger partial charge in [-0.2, -0.15) is 0 Å². The highest BCUT2D eigenvalue weighted by Crippen LogP contribution is 2.19. The van der Waals surface area contributed by atoms with Crippen LogP contribution in [0.1, 0.15) is 24.2 Å². The lowest BCUT2D eigenvalue weighted by molar-refractivity contribution is -0.122. The highest BCUT2D eigenvalue weighted by molar-refractivity contribution is 9.10. The lowest BCUT2D eigenvalue weighted by atomic mass is 10.1. The monoisotopic (exact) mass is 391 g/mol. The van der Waals surface area contributed by atoms with Gasteiger partial charge in [-0.15, -0.1) is 0 Å². The molecule has 2 aromatic rings. The Bertz CT molecular complexity index is 715. The van der Waals surface area contributed by atoms with Gasteiger partial charge in [-0.05, 0) is 50.2 Å². The van der Waals surface area contributed by atoms with Crippen LogP contribution in [0.4, 0.5) is 5.69 Å². The molecule has 1 unspecified atom stereocenters. The molecule has 6 heteroatoms. The summed E-state index contributed by atoms with van der Waals surface area (Å²) in [5.74, 6) is -0.246. The second kappa shape index (κ2) is 8.49. The van der Waals surface area contributed by atoms with Gasteiger partial charge in [0, 0.05) is 4.47 Å². The molecule has 0 bridgehead atoms. The first-order valence-electron chi connectivity index (χ1n) is 7.50. The first-order valence-corrected chi connectivity index (χ1v) is 8.29. The second-order valence-electron chi connectivity index (χ2n) is 4.97. The standard InChI is InChI=1S/C18H18BrNO4/c1-3-23-18(22)15-6-4-5-7-16(15)20-17(21)12(2)24-14-10-8-13(19)9-11-14/h4-12H,3H2,1-2H3,(H,20,21). The minimum absolute atomic E-state index is 0.268. The van der Waals surface area contributed by atoms with E-state index in [9.17, 15) is 9.59 Å². The SMILES string of the molecule is CCOC(=O)c1ccccc1NC(=O)C(C)Oc1ccc(Br)cc1. The van der Waals surface area contributed by atoms with Crippen molar-refractivity contribution in [3.63, 3.8) is 0 Å². The number of ether oxygens (including phenoxy) is 2. The van der Waals surface area contributed by atoms with E-state index in [4.69, 9.17) is 9.47 Å². The van der Waals surface area contributed by atoms with Gasteiger partial charge in [-0.25, -0.2) is 4.79 Å². The summed E-state index contributed by atoms with van der Waals surface area (Å²) in [6.45, 7) is 3.64. The molecular weight excluding hydrogens is 374 g/mol. The summed E-state index contributed by atoms with van der Waals surface area (Å²) in [7, 11) is 0. The van der Waals surface area contributed by atoms with Crippen LogP contribution in [0.2, 0.25) is 0 Å². The van der Waals surface area contributed by atoms with E-state index in [1.165, 1.54) is 0 Å². The number of hydrogen-bond acceptors (Lipinski definition) is 4. The average Bonchev–Trinajstić information content (AvgIpc) is 2.57. The summed E-state index contributed by atoms with van der Waals surface area (Å²) in [6, 6.07) is 13.9. The Morgan fingerprint density at radius 1 is 1.12 bits per heavy atom. The van der Waals surface area contributed by atoms with Crippen molar-refractivity contribution in [1.29, 1.82) is 0 Å². The molecule has 5 nitrogen and oxygen atoms in total. The van der Waals surface area contributed by atoms with E-state index >= 15 is 0 Å². The third kappa shape index (κ3) is 4.83. The number of para-hydroxylation sites is 1. The summed E-state index contributed by atoms with van der Waals surface area (Å²) in [6.07, 6.45) is -0.721. The number of halogens is 1. The van der Waals surface area contributed by atoms with E-state index in [0.717, 1.165) is 4.47 Å². The van der Waals surface area contributed by atoms with Crippen LogP contribution in [0.3, 0.4) is 0 Å². The van der Waals surface area contributed by atoms with E-state index < -0.39 is 12.1 Å². The first-order chi connectivity index (χ1) is 11.5. The molecule has 0 saturated carbocycles. The number of anilines is 1. The molecule has 0 aliphatic carbocycles. The van der Waals surface area contributed by atoms with Gasteiger partial charge in [0.25, 0.3) is 5.91 Å². The summed E-state index contributed by atoms with van der Waals surface area (Å²) in [5.41, 5.74) is 0.704. The smallest absolute Gasteiger partial charge is 0.340 e. The van der Waals surface area contributed by atoms with Crippen molar-refractivity contribution >= 4 is 33.5 Å². The Morgan fingerprint density at radius 2 is 1.79 bits per heavy atom. The molecule has 0 fully saturated rings. The molecule has 0 aromatic heterocycles. The molecule has 0 heterocycles. The Balaban J connectivity index is 2.06. The third-order valence-electron chi connectivity index (χ3n) is 3.18. The molecule has 0 aliphatic rings. The van der Waals surface area contributed by atoms with Crippen molar-refractivity contribution in [2.24, 2.45) is 0 Å². The Kier molecular flexibility index (Phi) is 6.37. The fraction of sp³-hybridized carbons (Fsp3) is 0.222. The van der Waals surface area contributed by atoms with Crippen LogP contribution in [0.5, 0.6) is 5.75 Å². The molecule has 1 atom stereocenters. The van der Waals surface area contributed by atoms with E-state index in [1.54, 1.807) is 50.2 Å². The van der Waals surface area contributed by atoms with Gasteiger partial charge < -0.3 is 14.8 Å². The number of rotatable bonds is 6. The second-order valence-corrected chi connectivity index (χ2v) is 5.88. The summed E-state index contributed by atoms with van der Waals surface area (Å²) >= 11 is 3.34. The van der Waals surface area contributed by atoms with Gasteiger partial charge in [0.1, 0.15) is 5.75 Å². The number of hydrogen-bond donors (Lipinski definition) is 1. The highest BCUT2D eigenvalue weighted by atomic mass is 79.9. The van der Waals surface area contributed by atoms with Crippen LogP contribution >= 0.6 is 15.9 Å². The molecule has 24 heavy (non-hydrogen) atoms. The van der Waals surface area contributed by atoms with Crippen molar-refractivity contribution in [3.8, 4) is 5.75 Å². The highest BCUT2D eigenvalue weighted by Gasteiger charge is 2.18. The molecule has 0 saturated heterocycles. The molecule has 0 aliphatic heterocycles.